The fraction of sp³-hybridized carbons (Fsp3) is 0.750. The summed E-state index contributed by atoms with van der Waals surface area (Å²) >= 11 is 0. The number of hydrogen-bond acceptors (Lipinski definition) is 3. The van der Waals surface area contributed by atoms with Crippen LogP contribution in [0.2, 0.25) is 0 Å². The Morgan fingerprint density at radius 1 is 1.44 bits per heavy atom. The molecule has 0 amide bonds. The zero-order valence-corrected chi connectivity index (χ0v) is 9.56. The van der Waals surface area contributed by atoms with Crippen molar-refractivity contribution in [2.75, 3.05) is 13.2 Å². The van der Waals surface area contributed by atoms with Crippen molar-refractivity contribution in [3.8, 4) is 0 Å². The van der Waals surface area contributed by atoms with Crippen molar-refractivity contribution < 1.29 is 4.74 Å². The van der Waals surface area contributed by atoms with E-state index in [0.717, 1.165) is 39.0 Å². The molecule has 0 saturated carbocycles. The molecule has 88 valence electrons. The van der Waals surface area contributed by atoms with E-state index < -0.39 is 0 Å². The summed E-state index contributed by atoms with van der Waals surface area (Å²) in [7, 11) is 0. The second-order valence-corrected chi connectivity index (χ2v) is 4.95. The lowest BCUT2D eigenvalue weighted by Crippen LogP contribution is -2.31. The van der Waals surface area contributed by atoms with E-state index in [1.165, 1.54) is 17.9 Å². The minimum Gasteiger partial charge on any atom is -0.381 e. The van der Waals surface area contributed by atoms with E-state index in [2.05, 4.69) is 10.8 Å². The van der Waals surface area contributed by atoms with Crippen molar-refractivity contribution in [3.05, 3.63) is 17.7 Å². The number of imidazole rings is 1. The molecule has 0 aromatic carbocycles. The van der Waals surface area contributed by atoms with Crippen LogP contribution >= 0.6 is 0 Å². The van der Waals surface area contributed by atoms with Gasteiger partial charge in [-0.15, -0.1) is 0 Å². The quantitative estimate of drug-likeness (QED) is 0.771. The van der Waals surface area contributed by atoms with Crippen LogP contribution in [0.5, 0.6) is 0 Å². The number of nitrogens with zero attached hydrogens (tertiary/aromatic N) is 2. The van der Waals surface area contributed by atoms with E-state index in [9.17, 15) is 0 Å². The van der Waals surface area contributed by atoms with Gasteiger partial charge in [0.2, 0.25) is 0 Å². The molecule has 0 aliphatic carbocycles. The van der Waals surface area contributed by atoms with Crippen LogP contribution in [0.3, 0.4) is 0 Å². The smallest absolute Gasteiger partial charge is 0.109 e. The highest BCUT2D eigenvalue weighted by Gasteiger charge is 2.23. The van der Waals surface area contributed by atoms with Gasteiger partial charge in [0.05, 0.1) is 12.3 Å². The Bertz CT molecular complexity index is 368. The number of hydrogen-bond donors (Lipinski definition) is 1. The summed E-state index contributed by atoms with van der Waals surface area (Å²) in [6.45, 7) is 2.67. The maximum Gasteiger partial charge on any atom is 0.109 e. The lowest BCUT2D eigenvalue weighted by molar-refractivity contribution is 0.0794. The SMILES string of the molecule is NC1CCc2nc(C3CCCOC3)cn2C1. The van der Waals surface area contributed by atoms with Gasteiger partial charge in [-0.1, -0.05) is 0 Å². The van der Waals surface area contributed by atoms with Gasteiger partial charge in [0.15, 0.2) is 0 Å². The minimum absolute atomic E-state index is 0.303. The monoisotopic (exact) mass is 221 g/mol. The largest absolute Gasteiger partial charge is 0.381 e. The summed E-state index contributed by atoms with van der Waals surface area (Å²) in [5.74, 6) is 1.71. The van der Waals surface area contributed by atoms with Crippen LogP contribution in [-0.2, 0) is 17.7 Å². The Morgan fingerprint density at radius 2 is 2.38 bits per heavy atom. The summed E-state index contributed by atoms with van der Waals surface area (Å²) in [6, 6.07) is 0.303. The molecule has 16 heavy (non-hydrogen) atoms. The van der Waals surface area contributed by atoms with E-state index in [1.807, 2.05) is 0 Å². The molecule has 4 heteroatoms. The van der Waals surface area contributed by atoms with Crippen LogP contribution < -0.4 is 5.73 Å². The summed E-state index contributed by atoms with van der Waals surface area (Å²) in [5.41, 5.74) is 7.18. The second-order valence-electron chi connectivity index (χ2n) is 4.95. The third kappa shape index (κ3) is 1.87. The Morgan fingerprint density at radius 3 is 3.19 bits per heavy atom. The van der Waals surface area contributed by atoms with Gasteiger partial charge in [-0.2, -0.15) is 0 Å². The van der Waals surface area contributed by atoms with Crippen LogP contribution in [0.4, 0.5) is 0 Å². The van der Waals surface area contributed by atoms with E-state index in [0.29, 0.717) is 12.0 Å². The average molecular weight is 221 g/mol. The first kappa shape index (κ1) is 10.3. The van der Waals surface area contributed by atoms with Crippen molar-refractivity contribution in [1.29, 1.82) is 0 Å². The van der Waals surface area contributed by atoms with Gasteiger partial charge >= 0.3 is 0 Å². The average Bonchev–Trinajstić information content (AvgIpc) is 2.73. The third-order valence-corrected chi connectivity index (χ3v) is 3.63. The standard InChI is InChI=1S/C12H19N3O/c13-10-3-4-12-14-11(7-15(12)6-10)9-2-1-5-16-8-9/h7,9-10H,1-6,8,13H2. The molecule has 2 atom stereocenters. The van der Waals surface area contributed by atoms with Crippen LogP contribution in [0, 0.1) is 0 Å². The number of nitrogens with two attached hydrogens (primary N) is 1. The van der Waals surface area contributed by atoms with Gasteiger partial charge in [0.1, 0.15) is 5.82 Å². The van der Waals surface area contributed by atoms with Crippen molar-refractivity contribution in [3.63, 3.8) is 0 Å². The summed E-state index contributed by atoms with van der Waals surface area (Å²) < 4.78 is 7.75. The third-order valence-electron chi connectivity index (χ3n) is 3.63. The van der Waals surface area contributed by atoms with Gasteiger partial charge in [-0.05, 0) is 19.3 Å². The molecule has 0 bridgehead atoms. The molecule has 2 aliphatic heterocycles. The maximum atomic E-state index is 5.96. The van der Waals surface area contributed by atoms with Gasteiger partial charge in [0, 0.05) is 37.7 Å². The highest BCUT2D eigenvalue weighted by molar-refractivity contribution is 5.12. The van der Waals surface area contributed by atoms with Crippen LogP contribution in [0.1, 0.15) is 36.7 Å². The normalized spacial score (nSPS) is 30.1. The molecule has 1 saturated heterocycles. The summed E-state index contributed by atoms with van der Waals surface area (Å²) in [5, 5.41) is 0. The number of fused-ring (bicyclic) bond motifs is 1. The molecule has 1 fully saturated rings. The fourth-order valence-corrected chi connectivity index (χ4v) is 2.66. The van der Waals surface area contributed by atoms with E-state index >= 15 is 0 Å². The lowest BCUT2D eigenvalue weighted by atomic mass is 9.99. The van der Waals surface area contributed by atoms with Gasteiger partial charge < -0.3 is 15.0 Å². The predicted octanol–water partition coefficient (Wildman–Crippen LogP) is 1.05. The summed E-state index contributed by atoms with van der Waals surface area (Å²) in [4.78, 5) is 4.74. The fourth-order valence-electron chi connectivity index (χ4n) is 2.66. The molecule has 2 unspecified atom stereocenters. The first-order valence-electron chi connectivity index (χ1n) is 6.22. The van der Waals surface area contributed by atoms with Crippen molar-refractivity contribution in [1.82, 2.24) is 9.55 Å². The van der Waals surface area contributed by atoms with E-state index in [-0.39, 0.29) is 0 Å². The topological polar surface area (TPSA) is 53.1 Å². The first-order valence-corrected chi connectivity index (χ1v) is 6.22. The molecule has 1 aromatic rings. The number of rotatable bonds is 1. The minimum atomic E-state index is 0.303. The first-order chi connectivity index (χ1) is 7.83. The Hall–Kier alpha value is -0.870. The van der Waals surface area contributed by atoms with E-state index in [1.54, 1.807) is 0 Å². The van der Waals surface area contributed by atoms with Gasteiger partial charge in [-0.3, -0.25) is 0 Å². The van der Waals surface area contributed by atoms with E-state index in [4.69, 9.17) is 15.5 Å². The van der Waals surface area contributed by atoms with Gasteiger partial charge in [0.25, 0.3) is 0 Å². The molecule has 3 rings (SSSR count). The molecular weight excluding hydrogens is 202 g/mol. The zero-order chi connectivity index (χ0) is 11.0. The zero-order valence-electron chi connectivity index (χ0n) is 9.56. The number of ether oxygens (including phenoxy) is 1. The molecule has 1 aromatic heterocycles. The molecule has 2 N–H and O–H groups in total. The lowest BCUT2D eigenvalue weighted by Gasteiger charge is -2.20. The maximum absolute atomic E-state index is 5.96. The Labute approximate surface area is 95.8 Å². The second kappa shape index (κ2) is 4.18. The van der Waals surface area contributed by atoms with Crippen molar-refractivity contribution in [2.45, 2.75) is 44.2 Å². The van der Waals surface area contributed by atoms with Crippen molar-refractivity contribution >= 4 is 0 Å². The highest BCUT2D eigenvalue weighted by Crippen LogP contribution is 2.26. The molecule has 4 nitrogen and oxygen atoms in total. The molecule has 0 radical (unpaired) electrons. The molecule has 2 aliphatic rings. The number of aromatic nitrogens is 2. The highest BCUT2D eigenvalue weighted by atomic mass is 16.5. The van der Waals surface area contributed by atoms with Crippen LogP contribution in [0.15, 0.2) is 6.20 Å². The molecule has 0 spiro atoms. The van der Waals surface area contributed by atoms with Gasteiger partial charge in [-0.25, -0.2) is 4.98 Å². The van der Waals surface area contributed by atoms with Crippen LogP contribution in [0.25, 0.3) is 0 Å². The molecule has 3 heterocycles. The Balaban J connectivity index is 1.80. The summed E-state index contributed by atoms with van der Waals surface area (Å²) in [6.07, 6.45) is 6.65. The molecular formula is C12H19N3O. The van der Waals surface area contributed by atoms with Crippen LogP contribution in [-0.4, -0.2) is 28.8 Å². The number of aryl methyl sites for hydroxylation is 1. The van der Waals surface area contributed by atoms with Crippen molar-refractivity contribution in [2.24, 2.45) is 5.73 Å². The predicted molar refractivity (Wildman–Crippen MR) is 61.3 cm³/mol. The Kier molecular flexibility index (Phi) is 2.69.